The average molecular weight is 356 g/mol. The number of hydrogen-bond donors (Lipinski definition) is 5. The highest BCUT2D eigenvalue weighted by atomic mass is 16.5. The number of benzene rings is 2. The van der Waals surface area contributed by atoms with E-state index in [0.29, 0.717) is 5.52 Å². The van der Waals surface area contributed by atoms with Gasteiger partial charge in [0.05, 0.1) is 29.8 Å². The molecule has 0 spiro atoms. The minimum absolute atomic E-state index is 0.200. The summed E-state index contributed by atoms with van der Waals surface area (Å²) in [6.07, 6.45) is -3.03. The third kappa shape index (κ3) is 3.06. The zero-order valence-electron chi connectivity index (χ0n) is 13.9. The Morgan fingerprint density at radius 2 is 1.81 bits per heavy atom. The fourth-order valence-corrected chi connectivity index (χ4v) is 3.45. The summed E-state index contributed by atoms with van der Waals surface area (Å²) in [6, 6.07) is 13.1. The van der Waals surface area contributed by atoms with Gasteiger partial charge in [-0.05, 0) is 34.9 Å². The van der Waals surface area contributed by atoms with Crippen molar-refractivity contribution in [2.24, 2.45) is 0 Å². The molecule has 7 nitrogen and oxygen atoms in total. The molecule has 7 heteroatoms. The summed E-state index contributed by atoms with van der Waals surface area (Å²) in [4.78, 5) is 16.9. The van der Waals surface area contributed by atoms with Gasteiger partial charge in [0.15, 0.2) is 0 Å². The molecule has 1 aliphatic heterocycles. The van der Waals surface area contributed by atoms with E-state index in [4.69, 9.17) is 4.74 Å². The van der Waals surface area contributed by atoms with Gasteiger partial charge in [0, 0.05) is 6.42 Å². The van der Waals surface area contributed by atoms with Crippen molar-refractivity contribution in [1.82, 2.24) is 9.97 Å². The van der Waals surface area contributed by atoms with Crippen molar-refractivity contribution in [3.63, 3.8) is 0 Å². The Balaban J connectivity index is 1.70. The lowest BCUT2D eigenvalue weighted by molar-refractivity contribution is -0.179. The van der Waals surface area contributed by atoms with E-state index in [1.54, 1.807) is 0 Å². The number of aliphatic hydroxyl groups excluding tert-OH is 3. The van der Waals surface area contributed by atoms with Crippen molar-refractivity contribution >= 4 is 11.0 Å². The molecule has 0 aliphatic carbocycles. The van der Waals surface area contributed by atoms with Gasteiger partial charge in [-0.25, -0.2) is 4.79 Å². The van der Waals surface area contributed by atoms with Crippen LogP contribution in [0, 0.1) is 0 Å². The van der Waals surface area contributed by atoms with Crippen LogP contribution in [-0.4, -0.2) is 50.2 Å². The average Bonchev–Trinajstić information content (AvgIpc) is 3.03. The maximum Gasteiger partial charge on any atom is 0.323 e. The monoisotopic (exact) mass is 356 g/mol. The van der Waals surface area contributed by atoms with Gasteiger partial charge in [-0.15, -0.1) is 0 Å². The first-order valence-electron chi connectivity index (χ1n) is 8.50. The summed E-state index contributed by atoms with van der Waals surface area (Å²) < 4.78 is 5.76. The van der Waals surface area contributed by atoms with Gasteiger partial charge in [-0.3, -0.25) is 0 Å². The van der Waals surface area contributed by atoms with Gasteiger partial charge < -0.3 is 30.0 Å². The van der Waals surface area contributed by atoms with E-state index in [2.05, 4.69) is 9.97 Å². The van der Waals surface area contributed by atoms with Crippen molar-refractivity contribution in [3.05, 3.63) is 58.5 Å². The molecule has 2 aromatic carbocycles. The molecule has 1 aromatic heterocycles. The van der Waals surface area contributed by atoms with E-state index in [9.17, 15) is 20.1 Å². The first-order valence-corrected chi connectivity index (χ1v) is 8.50. The molecule has 1 fully saturated rings. The van der Waals surface area contributed by atoms with Crippen molar-refractivity contribution in [1.29, 1.82) is 0 Å². The van der Waals surface area contributed by atoms with Crippen molar-refractivity contribution in [2.45, 2.75) is 30.8 Å². The van der Waals surface area contributed by atoms with Crippen LogP contribution >= 0.6 is 0 Å². The van der Waals surface area contributed by atoms with Crippen LogP contribution in [0.25, 0.3) is 22.2 Å². The summed E-state index contributed by atoms with van der Waals surface area (Å²) in [5.41, 5.74) is 3.70. The topological polar surface area (TPSA) is 119 Å². The summed E-state index contributed by atoms with van der Waals surface area (Å²) >= 11 is 0. The molecule has 4 unspecified atom stereocenters. The molecule has 0 radical (unpaired) electrons. The minimum Gasteiger partial charge on any atom is -0.394 e. The molecule has 5 N–H and O–H groups in total. The van der Waals surface area contributed by atoms with Crippen LogP contribution in [-0.2, 0) is 4.74 Å². The standard InChI is InChI=1S/C19H20N2O5/c22-9-13-8-16(23)17(24)18(26-13)12-3-1-2-10(6-12)11-4-5-14-15(7-11)21-19(25)20-14/h1-7,13,16-18,22-24H,8-9H2,(H2,20,21,25). The lowest BCUT2D eigenvalue weighted by Crippen LogP contribution is -2.44. The van der Waals surface area contributed by atoms with Gasteiger partial charge in [-0.2, -0.15) is 0 Å². The Morgan fingerprint density at radius 1 is 1.04 bits per heavy atom. The lowest BCUT2D eigenvalue weighted by Gasteiger charge is -2.37. The van der Waals surface area contributed by atoms with Crippen LogP contribution in [0.5, 0.6) is 0 Å². The smallest absolute Gasteiger partial charge is 0.323 e. The molecular formula is C19H20N2O5. The van der Waals surface area contributed by atoms with Gasteiger partial charge >= 0.3 is 5.69 Å². The largest absolute Gasteiger partial charge is 0.394 e. The van der Waals surface area contributed by atoms with Crippen LogP contribution in [0.15, 0.2) is 47.3 Å². The van der Waals surface area contributed by atoms with Crippen molar-refractivity contribution in [3.8, 4) is 11.1 Å². The normalized spacial score (nSPS) is 26.3. The lowest BCUT2D eigenvalue weighted by atomic mass is 9.91. The van der Waals surface area contributed by atoms with E-state index in [-0.39, 0.29) is 18.7 Å². The number of aliphatic hydroxyl groups is 3. The number of aromatic nitrogens is 2. The molecule has 0 saturated carbocycles. The maximum absolute atomic E-state index is 11.4. The molecule has 0 bridgehead atoms. The van der Waals surface area contributed by atoms with Crippen molar-refractivity contribution < 1.29 is 20.1 Å². The summed E-state index contributed by atoms with van der Waals surface area (Å²) in [5.74, 6) is 0. The molecule has 3 aromatic rings. The Kier molecular flexibility index (Phi) is 4.37. The number of nitrogens with one attached hydrogen (secondary N) is 2. The molecule has 2 heterocycles. The number of H-pyrrole nitrogens is 2. The highest BCUT2D eigenvalue weighted by Crippen LogP contribution is 2.34. The Hall–Kier alpha value is -2.45. The zero-order chi connectivity index (χ0) is 18.3. The first kappa shape index (κ1) is 17.0. The number of ether oxygens (including phenoxy) is 1. The van der Waals surface area contributed by atoms with E-state index in [0.717, 1.165) is 22.2 Å². The third-order valence-electron chi connectivity index (χ3n) is 4.82. The number of imidazole rings is 1. The number of aromatic amines is 2. The van der Waals surface area contributed by atoms with Crippen LogP contribution in [0.1, 0.15) is 18.1 Å². The van der Waals surface area contributed by atoms with Crippen LogP contribution in [0.2, 0.25) is 0 Å². The predicted octanol–water partition coefficient (Wildman–Crippen LogP) is 1.07. The first-order chi connectivity index (χ1) is 12.5. The molecule has 4 atom stereocenters. The highest BCUT2D eigenvalue weighted by Gasteiger charge is 2.37. The Morgan fingerprint density at radius 3 is 2.62 bits per heavy atom. The second-order valence-corrected chi connectivity index (χ2v) is 6.62. The van der Waals surface area contributed by atoms with Crippen molar-refractivity contribution in [2.75, 3.05) is 6.61 Å². The van der Waals surface area contributed by atoms with Gasteiger partial charge in [0.2, 0.25) is 0 Å². The fraction of sp³-hybridized carbons (Fsp3) is 0.316. The van der Waals surface area contributed by atoms with E-state index < -0.39 is 24.4 Å². The highest BCUT2D eigenvalue weighted by molar-refractivity contribution is 5.81. The SMILES string of the molecule is O=c1[nH]c2ccc(-c3cccc(C4OC(CO)CC(O)C4O)c3)cc2[nH]1. The quantitative estimate of drug-likeness (QED) is 0.481. The van der Waals surface area contributed by atoms with Crippen LogP contribution in [0.4, 0.5) is 0 Å². The predicted molar refractivity (Wildman–Crippen MR) is 95.7 cm³/mol. The molecule has 26 heavy (non-hydrogen) atoms. The summed E-state index contributed by atoms with van der Waals surface area (Å²) in [7, 11) is 0. The molecule has 1 saturated heterocycles. The second kappa shape index (κ2) is 6.69. The molecule has 136 valence electrons. The van der Waals surface area contributed by atoms with E-state index in [1.165, 1.54) is 0 Å². The number of hydrogen-bond acceptors (Lipinski definition) is 5. The Labute approximate surface area is 148 Å². The molecular weight excluding hydrogens is 336 g/mol. The summed E-state index contributed by atoms with van der Waals surface area (Å²) in [5, 5.41) is 29.7. The van der Waals surface area contributed by atoms with Crippen LogP contribution in [0.3, 0.4) is 0 Å². The van der Waals surface area contributed by atoms with Gasteiger partial charge in [0.1, 0.15) is 12.2 Å². The summed E-state index contributed by atoms with van der Waals surface area (Å²) in [6.45, 7) is -0.211. The van der Waals surface area contributed by atoms with Crippen LogP contribution < -0.4 is 5.69 Å². The minimum atomic E-state index is -1.06. The van der Waals surface area contributed by atoms with Gasteiger partial charge in [-0.1, -0.05) is 24.3 Å². The van der Waals surface area contributed by atoms with E-state index in [1.807, 2.05) is 42.5 Å². The molecule has 4 rings (SSSR count). The fourth-order valence-electron chi connectivity index (χ4n) is 3.45. The van der Waals surface area contributed by atoms with E-state index >= 15 is 0 Å². The maximum atomic E-state index is 11.4. The zero-order valence-corrected chi connectivity index (χ0v) is 13.9. The molecule has 1 aliphatic rings. The number of fused-ring (bicyclic) bond motifs is 1. The third-order valence-corrected chi connectivity index (χ3v) is 4.82. The number of rotatable bonds is 3. The second-order valence-electron chi connectivity index (χ2n) is 6.62. The molecule has 0 amide bonds. The Bertz CT molecular complexity index is 979. The van der Waals surface area contributed by atoms with Gasteiger partial charge in [0.25, 0.3) is 0 Å².